The summed E-state index contributed by atoms with van der Waals surface area (Å²) in [6.45, 7) is 5.01. The first kappa shape index (κ1) is 29.5. The van der Waals surface area contributed by atoms with Gasteiger partial charge in [-0.15, -0.1) is 0 Å². The fraction of sp³-hybridized carbons (Fsp3) is 0.276. The van der Waals surface area contributed by atoms with E-state index in [0.29, 0.717) is 40.6 Å². The number of halogens is 4. The van der Waals surface area contributed by atoms with Crippen LogP contribution in [0.25, 0.3) is 10.9 Å². The Morgan fingerprint density at radius 3 is 2.43 bits per heavy atom. The van der Waals surface area contributed by atoms with Crippen molar-refractivity contribution >= 4 is 44.2 Å². The molecule has 5 rings (SSSR count). The normalized spacial score (nSPS) is 14.0. The average molecular weight is 646 g/mol. The Hall–Kier alpha value is -3.94. The number of hydrogen-bond acceptors (Lipinski definition) is 7. The molecule has 0 bridgehead atoms. The van der Waals surface area contributed by atoms with E-state index in [9.17, 15) is 18.0 Å². The molecule has 0 saturated carbocycles. The number of carbonyl (C=O) groups is 1. The molecule has 220 valence electrons. The zero-order valence-corrected chi connectivity index (χ0v) is 23.9. The molecule has 2 N–H and O–H groups in total. The summed E-state index contributed by atoms with van der Waals surface area (Å²) in [5.74, 6) is 1.53. The van der Waals surface area contributed by atoms with Crippen molar-refractivity contribution in [3.8, 4) is 17.4 Å². The lowest BCUT2D eigenvalue weighted by Crippen LogP contribution is -2.37. The summed E-state index contributed by atoms with van der Waals surface area (Å²) in [7, 11) is 0. The number of rotatable bonds is 9. The Kier molecular flexibility index (Phi) is 9.40. The molecule has 9 nitrogen and oxygen atoms in total. The van der Waals surface area contributed by atoms with Crippen molar-refractivity contribution in [2.75, 3.05) is 50.1 Å². The van der Waals surface area contributed by atoms with E-state index in [-0.39, 0.29) is 10.2 Å². The second-order valence-electron chi connectivity index (χ2n) is 9.41. The fourth-order valence-electron chi connectivity index (χ4n) is 4.32. The molecule has 3 aromatic carbocycles. The summed E-state index contributed by atoms with van der Waals surface area (Å²) in [6.07, 6.45) is -2.24. The highest BCUT2D eigenvalue weighted by molar-refractivity contribution is 9.10. The number of hydrogen-bond donors (Lipinski definition) is 2. The molecule has 42 heavy (non-hydrogen) atoms. The molecule has 1 aromatic heterocycles. The predicted molar refractivity (Wildman–Crippen MR) is 155 cm³/mol. The first-order chi connectivity index (χ1) is 20.2. The van der Waals surface area contributed by atoms with Crippen LogP contribution in [0.3, 0.4) is 0 Å². The lowest BCUT2D eigenvalue weighted by Gasteiger charge is -2.26. The molecule has 1 fully saturated rings. The Bertz CT molecular complexity index is 1530. The molecular formula is C29H27BrF3N5O4. The zero-order chi connectivity index (χ0) is 29.5. The molecule has 0 unspecified atom stereocenters. The van der Waals surface area contributed by atoms with E-state index in [1.807, 2.05) is 18.2 Å². The van der Waals surface area contributed by atoms with Gasteiger partial charge in [-0.1, -0.05) is 15.9 Å². The first-order valence-corrected chi connectivity index (χ1v) is 13.9. The molecule has 1 saturated heterocycles. The number of nitrogens with one attached hydrogen (secondary N) is 2. The van der Waals surface area contributed by atoms with Crippen molar-refractivity contribution in [3.63, 3.8) is 0 Å². The highest BCUT2D eigenvalue weighted by Crippen LogP contribution is 2.36. The van der Waals surface area contributed by atoms with Gasteiger partial charge in [-0.2, -0.15) is 13.2 Å². The minimum absolute atomic E-state index is 0.000152. The van der Waals surface area contributed by atoms with Gasteiger partial charge in [0.05, 0.1) is 36.3 Å². The third kappa shape index (κ3) is 7.87. The maximum Gasteiger partial charge on any atom is 0.417 e. The van der Waals surface area contributed by atoms with Gasteiger partial charge >= 0.3 is 12.2 Å². The summed E-state index contributed by atoms with van der Waals surface area (Å²) in [4.78, 5) is 23.3. The molecule has 4 aromatic rings. The molecule has 0 aliphatic carbocycles. The van der Waals surface area contributed by atoms with E-state index in [2.05, 4.69) is 41.4 Å². The van der Waals surface area contributed by atoms with Crippen molar-refractivity contribution in [1.29, 1.82) is 0 Å². The third-order valence-corrected chi connectivity index (χ3v) is 7.11. The van der Waals surface area contributed by atoms with Gasteiger partial charge in [0.1, 0.15) is 17.8 Å². The minimum Gasteiger partial charge on any atom is -0.493 e. The average Bonchev–Trinajstić information content (AvgIpc) is 2.97. The number of fused-ring (bicyclic) bond motifs is 1. The number of carbonyl (C=O) groups excluding carboxylic acids is 1. The van der Waals surface area contributed by atoms with Crippen LogP contribution in [0.2, 0.25) is 0 Å². The lowest BCUT2D eigenvalue weighted by molar-refractivity contribution is -0.138. The van der Waals surface area contributed by atoms with Gasteiger partial charge in [0.15, 0.2) is 0 Å². The molecule has 13 heteroatoms. The largest absolute Gasteiger partial charge is 0.493 e. The highest BCUT2D eigenvalue weighted by Gasteiger charge is 2.33. The summed E-state index contributed by atoms with van der Waals surface area (Å²) in [5, 5.41) is 5.69. The number of ether oxygens (including phenoxy) is 3. The van der Waals surface area contributed by atoms with Gasteiger partial charge in [0.2, 0.25) is 5.88 Å². The maximum atomic E-state index is 13.1. The van der Waals surface area contributed by atoms with Gasteiger partial charge in [0, 0.05) is 41.5 Å². The standard InChI is InChI=1S/C29H27BrF3N5O4/c30-25-9-4-20(16-24(25)29(31,32)33)37-28(39)36-19-2-5-21(6-3-19)42-27-23-8-7-22(17-26(23)34-18-35-27)41-13-1-10-38-11-14-40-15-12-38/h2-9,16-18H,1,10-15H2,(H2,36,37,39). The number of urea groups is 1. The number of aromatic nitrogens is 2. The van der Waals surface area contributed by atoms with Crippen molar-refractivity contribution in [3.05, 3.63) is 77.0 Å². The number of nitrogens with zero attached hydrogens (tertiary/aromatic N) is 3. The number of alkyl halides is 3. The monoisotopic (exact) mass is 645 g/mol. The second-order valence-corrected chi connectivity index (χ2v) is 10.3. The zero-order valence-electron chi connectivity index (χ0n) is 22.3. The van der Waals surface area contributed by atoms with Gasteiger partial charge in [-0.05, 0) is 61.0 Å². The van der Waals surface area contributed by atoms with Crippen molar-refractivity contribution in [2.24, 2.45) is 0 Å². The van der Waals surface area contributed by atoms with Crippen molar-refractivity contribution in [2.45, 2.75) is 12.6 Å². The summed E-state index contributed by atoms with van der Waals surface area (Å²) >= 11 is 2.88. The predicted octanol–water partition coefficient (Wildman–Crippen LogP) is 6.95. The topological polar surface area (TPSA) is 97.8 Å². The summed E-state index contributed by atoms with van der Waals surface area (Å²) in [5.41, 5.74) is 0.195. The third-order valence-electron chi connectivity index (χ3n) is 6.42. The van der Waals surface area contributed by atoms with E-state index in [1.54, 1.807) is 24.3 Å². The fourth-order valence-corrected chi connectivity index (χ4v) is 4.79. The van der Waals surface area contributed by atoms with Crippen LogP contribution in [0.15, 0.2) is 71.5 Å². The Labute approximate surface area is 248 Å². The number of amides is 2. The molecule has 0 radical (unpaired) electrons. The van der Waals surface area contributed by atoms with E-state index in [0.717, 1.165) is 45.3 Å². The first-order valence-electron chi connectivity index (χ1n) is 13.1. The van der Waals surface area contributed by atoms with E-state index in [4.69, 9.17) is 14.2 Å². The number of benzene rings is 3. The van der Waals surface area contributed by atoms with Crippen molar-refractivity contribution < 1.29 is 32.2 Å². The van der Waals surface area contributed by atoms with Crippen LogP contribution in [0.4, 0.5) is 29.3 Å². The van der Waals surface area contributed by atoms with Gasteiger partial charge in [-0.25, -0.2) is 14.8 Å². The van der Waals surface area contributed by atoms with Gasteiger partial charge in [0.25, 0.3) is 0 Å². The van der Waals surface area contributed by atoms with Gasteiger partial charge < -0.3 is 24.8 Å². The number of anilines is 2. The Balaban J connectivity index is 1.15. The van der Waals surface area contributed by atoms with Crippen LogP contribution >= 0.6 is 15.9 Å². The molecule has 2 heterocycles. The minimum atomic E-state index is -4.56. The molecule has 0 spiro atoms. The lowest BCUT2D eigenvalue weighted by atomic mass is 10.2. The molecular weight excluding hydrogens is 619 g/mol. The van der Waals surface area contributed by atoms with Gasteiger partial charge in [-0.3, -0.25) is 4.90 Å². The molecule has 0 atom stereocenters. The van der Waals surface area contributed by atoms with Crippen LogP contribution in [-0.4, -0.2) is 60.4 Å². The van der Waals surface area contributed by atoms with Crippen LogP contribution < -0.4 is 20.1 Å². The smallest absolute Gasteiger partial charge is 0.417 e. The Morgan fingerprint density at radius 2 is 1.67 bits per heavy atom. The highest BCUT2D eigenvalue weighted by atomic mass is 79.9. The maximum absolute atomic E-state index is 13.1. The molecule has 1 aliphatic heterocycles. The van der Waals surface area contributed by atoms with Crippen LogP contribution in [0, 0.1) is 0 Å². The Morgan fingerprint density at radius 1 is 0.952 bits per heavy atom. The van der Waals surface area contributed by atoms with E-state index in [1.165, 1.54) is 18.5 Å². The van der Waals surface area contributed by atoms with Crippen LogP contribution in [0.1, 0.15) is 12.0 Å². The summed E-state index contributed by atoms with van der Waals surface area (Å²) < 4.78 is 56.5. The second kappa shape index (κ2) is 13.4. The SMILES string of the molecule is O=C(Nc1ccc(Oc2ncnc3cc(OCCCN4CCOCC4)ccc23)cc1)Nc1ccc(Br)c(C(F)(F)F)c1. The van der Waals surface area contributed by atoms with E-state index >= 15 is 0 Å². The van der Waals surface area contributed by atoms with Crippen LogP contribution in [-0.2, 0) is 10.9 Å². The quantitative estimate of drug-likeness (QED) is 0.190. The van der Waals surface area contributed by atoms with Crippen LogP contribution in [0.5, 0.6) is 17.4 Å². The molecule has 2 amide bonds. The van der Waals surface area contributed by atoms with Crippen molar-refractivity contribution in [1.82, 2.24) is 14.9 Å². The summed E-state index contributed by atoms with van der Waals surface area (Å²) in [6, 6.07) is 14.8. The molecule has 1 aliphatic rings. The number of morpholine rings is 1. The van der Waals surface area contributed by atoms with E-state index < -0.39 is 17.8 Å².